The fourth-order valence-corrected chi connectivity index (χ4v) is 9.35. The van der Waals surface area contributed by atoms with Crippen LogP contribution in [-0.4, -0.2) is 0 Å². The first kappa shape index (κ1) is 31.5. The largest absolute Gasteiger partial charge is 0.310 e. The molecule has 0 amide bonds. The van der Waals surface area contributed by atoms with E-state index in [1.165, 1.54) is 65.1 Å². The smallest absolute Gasteiger partial charge is 0.123 e. The predicted octanol–water partition coefficient (Wildman–Crippen LogP) is 14.3. The summed E-state index contributed by atoms with van der Waals surface area (Å²) < 4.78 is 14.7. The number of para-hydroxylation sites is 1. The molecule has 254 valence electrons. The highest BCUT2D eigenvalue weighted by atomic mass is 19.1. The summed E-state index contributed by atoms with van der Waals surface area (Å²) in [5.41, 5.74) is 15.5. The minimum Gasteiger partial charge on any atom is -0.310 e. The maximum absolute atomic E-state index is 14.7. The Morgan fingerprint density at radius 2 is 1.04 bits per heavy atom. The molecule has 0 aliphatic heterocycles. The highest BCUT2D eigenvalue weighted by Gasteiger charge is 2.45. The number of hydrogen-bond donors (Lipinski definition) is 0. The van der Waals surface area contributed by atoms with Gasteiger partial charge in [-0.25, -0.2) is 4.39 Å². The van der Waals surface area contributed by atoms with Crippen LogP contribution < -0.4 is 4.90 Å². The van der Waals surface area contributed by atoms with Crippen molar-refractivity contribution in [1.82, 2.24) is 0 Å². The molecule has 0 aromatic heterocycles. The van der Waals surface area contributed by atoms with Crippen molar-refractivity contribution in [3.05, 3.63) is 199 Å². The van der Waals surface area contributed by atoms with Gasteiger partial charge in [-0.15, -0.1) is 0 Å². The summed E-state index contributed by atoms with van der Waals surface area (Å²) in [6.07, 6.45) is 4.95. The number of rotatable bonds is 6. The fraction of sp³-hybridized carbons (Fsp3) is 0.0980. The molecule has 2 heteroatoms. The van der Waals surface area contributed by atoms with E-state index in [0.717, 1.165) is 50.1 Å². The monoisotopic (exact) mass is 683 g/mol. The molecular weight excluding hydrogens is 646 g/mol. The van der Waals surface area contributed by atoms with Crippen molar-refractivity contribution >= 4 is 27.8 Å². The Kier molecular flexibility index (Phi) is 7.58. The van der Waals surface area contributed by atoms with Crippen LogP contribution in [-0.2, 0) is 5.41 Å². The van der Waals surface area contributed by atoms with Crippen LogP contribution in [0.2, 0.25) is 0 Å². The van der Waals surface area contributed by atoms with Gasteiger partial charge in [0.05, 0.1) is 5.69 Å². The number of benzene rings is 8. The molecule has 1 fully saturated rings. The number of fused-ring (bicyclic) bond motifs is 6. The van der Waals surface area contributed by atoms with Gasteiger partial charge in [0.2, 0.25) is 0 Å². The van der Waals surface area contributed by atoms with Crippen molar-refractivity contribution < 1.29 is 4.39 Å². The van der Waals surface area contributed by atoms with Gasteiger partial charge >= 0.3 is 0 Å². The lowest BCUT2D eigenvalue weighted by Crippen LogP contribution is -2.20. The van der Waals surface area contributed by atoms with Gasteiger partial charge in [-0.3, -0.25) is 0 Å². The summed E-state index contributed by atoms with van der Waals surface area (Å²) in [6, 6.07) is 64.4. The van der Waals surface area contributed by atoms with Gasteiger partial charge in [0.1, 0.15) is 5.82 Å². The second kappa shape index (κ2) is 12.8. The SMILES string of the molecule is Fc1cccc(-c2cccc3cccc(-c4ccccc4N(c4cccc(-c5ccccc5)c4)c4ccc5c(c4)-c4ccccc4C54CCCC4)c23)c1. The molecule has 0 radical (unpaired) electrons. The Morgan fingerprint density at radius 1 is 0.415 bits per heavy atom. The molecule has 8 aromatic rings. The van der Waals surface area contributed by atoms with Gasteiger partial charge in [0.25, 0.3) is 0 Å². The third kappa shape index (κ3) is 5.20. The molecule has 1 saturated carbocycles. The summed E-state index contributed by atoms with van der Waals surface area (Å²) in [7, 11) is 0. The zero-order chi connectivity index (χ0) is 35.4. The lowest BCUT2D eigenvalue weighted by Gasteiger charge is -2.30. The molecule has 1 spiro atoms. The first-order valence-corrected chi connectivity index (χ1v) is 18.8. The fourth-order valence-electron chi connectivity index (χ4n) is 9.35. The molecule has 0 N–H and O–H groups in total. The van der Waals surface area contributed by atoms with E-state index in [1.54, 1.807) is 12.1 Å². The summed E-state index contributed by atoms with van der Waals surface area (Å²) in [6.45, 7) is 0. The highest BCUT2D eigenvalue weighted by Crippen LogP contribution is 2.58. The molecule has 2 aliphatic carbocycles. The lowest BCUT2D eigenvalue weighted by molar-refractivity contribution is 0.550. The van der Waals surface area contributed by atoms with Gasteiger partial charge in [0, 0.05) is 22.4 Å². The van der Waals surface area contributed by atoms with Crippen LogP contribution in [0.3, 0.4) is 0 Å². The molecule has 0 bridgehead atoms. The predicted molar refractivity (Wildman–Crippen MR) is 220 cm³/mol. The van der Waals surface area contributed by atoms with Crippen LogP contribution in [0.5, 0.6) is 0 Å². The van der Waals surface area contributed by atoms with Crippen molar-refractivity contribution in [1.29, 1.82) is 0 Å². The first-order chi connectivity index (χ1) is 26.2. The maximum atomic E-state index is 14.7. The van der Waals surface area contributed by atoms with Crippen LogP contribution in [0.4, 0.5) is 21.5 Å². The van der Waals surface area contributed by atoms with Gasteiger partial charge in [0.15, 0.2) is 0 Å². The zero-order valence-corrected chi connectivity index (χ0v) is 29.5. The summed E-state index contributed by atoms with van der Waals surface area (Å²) >= 11 is 0. The Morgan fingerprint density at radius 3 is 1.87 bits per heavy atom. The average molecular weight is 684 g/mol. The zero-order valence-electron chi connectivity index (χ0n) is 29.5. The van der Waals surface area contributed by atoms with E-state index in [0.29, 0.717) is 0 Å². The second-order valence-electron chi connectivity index (χ2n) is 14.6. The van der Waals surface area contributed by atoms with E-state index in [2.05, 4.69) is 163 Å². The molecule has 0 saturated heterocycles. The maximum Gasteiger partial charge on any atom is 0.123 e. The van der Waals surface area contributed by atoms with Crippen molar-refractivity contribution in [3.8, 4) is 44.5 Å². The van der Waals surface area contributed by atoms with E-state index < -0.39 is 0 Å². The van der Waals surface area contributed by atoms with Crippen molar-refractivity contribution in [2.75, 3.05) is 4.90 Å². The van der Waals surface area contributed by atoms with Gasteiger partial charge in [-0.2, -0.15) is 0 Å². The topological polar surface area (TPSA) is 3.24 Å². The van der Waals surface area contributed by atoms with Crippen molar-refractivity contribution in [2.45, 2.75) is 31.1 Å². The Balaban J connectivity index is 1.22. The van der Waals surface area contributed by atoms with Gasteiger partial charge in [-0.05, 0) is 116 Å². The average Bonchev–Trinajstić information content (AvgIpc) is 3.82. The van der Waals surface area contributed by atoms with Crippen LogP contribution in [0.1, 0.15) is 36.8 Å². The third-order valence-corrected chi connectivity index (χ3v) is 11.7. The van der Waals surface area contributed by atoms with Gasteiger partial charge < -0.3 is 4.90 Å². The summed E-state index contributed by atoms with van der Waals surface area (Å²) in [4.78, 5) is 2.44. The molecular formula is C51H38FN. The highest BCUT2D eigenvalue weighted by molar-refractivity contribution is 6.09. The molecule has 8 aromatic carbocycles. The Hall–Kier alpha value is -6.25. The molecule has 0 atom stereocenters. The first-order valence-electron chi connectivity index (χ1n) is 18.8. The number of anilines is 3. The second-order valence-corrected chi connectivity index (χ2v) is 14.6. The minimum atomic E-state index is -0.237. The van der Waals surface area contributed by atoms with Crippen LogP contribution in [0.15, 0.2) is 182 Å². The van der Waals surface area contributed by atoms with Crippen molar-refractivity contribution in [2.24, 2.45) is 0 Å². The standard InChI is InChI=1S/C51H38FN/c52-39-20-10-19-38(32-39)42-24-12-16-36-17-13-25-45(50(36)42)44-23-5-7-27-49(44)53(40-21-11-18-37(33-40)35-14-2-1-3-15-35)41-28-29-48-46(34-41)43-22-4-6-26-47(43)51(48)30-8-9-31-51/h1-7,10-29,32-34H,8-9,30-31H2. The molecule has 0 heterocycles. The quantitative estimate of drug-likeness (QED) is 0.169. The van der Waals surface area contributed by atoms with E-state index >= 15 is 0 Å². The molecule has 1 nitrogen and oxygen atoms in total. The number of halogens is 1. The minimum absolute atomic E-state index is 0.108. The molecule has 0 unspecified atom stereocenters. The number of hydrogen-bond acceptors (Lipinski definition) is 1. The summed E-state index contributed by atoms with van der Waals surface area (Å²) in [5, 5.41) is 2.23. The number of nitrogens with zero attached hydrogens (tertiary/aromatic N) is 1. The molecule has 2 aliphatic rings. The van der Waals surface area contributed by atoms with Crippen LogP contribution in [0.25, 0.3) is 55.3 Å². The third-order valence-electron chi connectivity index (χ3n) is 11.7. The van der Waals surface area contributed by atoms with Gasteiger partial charge in [-0.1, -0.05) is 152 Å². The van der Waals surface area contributed by atoms with E-state index in [9.17, 15) is 4.39 Å². The molecule has 10 rings (SSSR count). The molecule has 53 heavy (non-hydrogen) atoms. The Labute approximate surface area is 310 Å². The van der Waals surface area contributed by atoms with E-state index in [4.69, 9.17) is 0 Å². The van der Waals surface area contributed by atoms with E-state index in [1.807, 2.05) is 6.07 Å². The summed E-state index contributed by atoms with van der Waals surface area (Å²) in [5.74, 6) is -0.237. The van der Waals surface area contributed by atoms with Crippen molar-refractivity contribution in [3.63, 3.8) is 0 Å². The van der Waals surface area contributed by atoms with Crippen LogP contribution >= 0.6 is 0 Å². The van der Waals surface area contributed by atoms with E-state index in [-0.39, 0.29) is 11.2 Å². The normalized spacial score (nSPS) is 14.0. The lowest BCUT2D eigenvalue weighted by atomic mass is 9.77. The van der Waals surface area contributed by atoms with Crippen LogP contribution in [0, 0.1) is 5.82 Å². The Bertz CT molecular complexity index is 2640.